The molecule has 88 valence electrons. The van der Waals surface area contributed by atoms with Gasteiger partial charge in [-0.2, -0.15) is 0 Å². The summed E-state index contributed by atoms with van der Waals surface area (Å²) in [7, 11) is 0. The van der Waals surface area contributed by atoms with Gasteiger partial charge in [-0.1, -0.05) is 13.0 Å². The van der Waals surface area contributed by atoms with Crippen LogP contribution in [-0.4, -0.2) is 27.5 Å². The van der Waals surface area contributed by atoms with Gasteiger partial charge in [0.2, 0.25) is 0 Å². The number of aromatic nitrogens is 3. The Morgan fingerprint density at radius 1 is 1.41 bits per heavy atom. The molecule has 0 amide bonds. The van der Waals surface area contributed by atoms with Crippen molar-refractivity contribution >= 4 is 11.2 Å². The van der Waals surface area contributed by atoms with Crippen LogP contribution in [0, 0.1) is 0 Å². The van der Waals surface area contributed by atoms with E-state index in [2.05, 4.69) is 45.1 Å². The van der Waals surface area contributed by atoms with Crippen molar-refractivity contribution in [1.29, 1.82) is 0 Å². The predicted octanol–water partition coefficient (Wildman–Crippen LogP) is 1.67. The van der Waals surface area contributed by atoms with Crippen molar-refractivity contribution in [3.8, 4) is 0 Å². The summed E-state index contributed by atoms with van der Waals surface area (Å²) in [4.78, 5) is 8.98. The van der Waals surface area contributed by atoms with Gasteiger partial charge < -0.3 is 9.72 Å². The Balaban J connectivity index is 2.03. The summed E-state index contributed by atoms with van der Waals surface area (Å²) < 4.78 is 2.07. The zero-order valence-electron chi connectivity index (χ0n) is 9.98. The van der Waals surface area contributed by atoms with E-state index in [0.29, 0.717) is 0 Å². The summed E-state index contributed by atoms with van der Waals surface area (Å²) in [5.41, 5.74) is 4.44. The van der Waals surface area contributed by atoms with Crippen LogP contribution in [-0.2, 0) is 6.42 Å². The van der Waals surface area contributed by atoms with Gasteiger partial charge >= 0.3 is 0 Å². The molecule has 0 unspecified atom stereocenters. The molecule has 0 aliphatic carbocycles. The fourth-order valence-electron chi connectivity index (χ4n) is 2.14. The van der Waals surface area contributed by atoms with E-state index in [1.807, 2.05) is 6.20 Å². The maximum atomic E-state index is 4.50. The topological polar surface area (TPSA) is 42.2 Å². The van der Waals surface area contributed by atoms with Crippen molar-refractivity contribution in [2.24, 2.45) is 0 Å². The van der Waals surface area contributed by atoms with E-state index in [1.165, 1.54) is 5.57 Å². The van der Waals surface area contributed by atoms with Crippen LogP contribution in [0.25, 0.3) is 11.2 Å². The van der Waals surface area contributed by atoms with Gasteiger partial charge in [-0.15, -0.1) is 0 Å². The van der Waals surface area contributed by atoms with Crippen molar-refractivity contribution in [3.05, 3.63) is 36.1 Å². The Bertz CT molecular complexity index is 568. The molecule has 1 aliphatic rings. The molecule has 4 heteroatoms. The van der Waals surface area contributed by atoms with Crippen molar-refractivity contribution in [1.82, 2.24) is 19.7 Å². The SMILES string of the molecule is CCc1cn2cc(C3=CCNCC3)ncc2n1. The lowest BCUT2D eigenvalue weighted by Crippen LogP contribution is -2.20. The van der Waals surface area contributed by atoms with E-state index in [0.717, 1.165) is 43.0 Å². The molecular formula is C13H16N4. The van der Waals surface area contributed by atoms with Gasteiger partial charge in [-0.25, -0.2) is 4.98 Å². The highest BCUT2D eigenvalue weighted by Gasteiger charge is 2.08. The Labute approximate surface area is 100 Å². The smallest absolute Gasteiger partial charge is 0.155 e. The standard InChI is InChI=1S/C13H16N4/c1-2-11-8-17-9-12(15-7-13(17)16-11)10-3-5-14-6-4-10/h3,7-9,14H,2,4-6H2,1H3. The fourth-order valence-corrected chi connectivity index (χ4v) is 2.14. The average Bonchev–Trinajstić information content (AvgIpc) is 2.81. The minimum Gasteiger partial charge on any atom is -0.313 e. The molecule has 0 aromatic carbocycles. The molecule has 2 aromatic rings. The van der Waals surface area contributed by atoms with Gasteiger partial charge in [-0.05, 0) is 25.0 Å². The largest absolute Gasteiger partial charge is 0.313 e. The van der Waals surface area contributed by atoms with Crippen LogP contribution in [0.1, 0.15) is 24.7 Å². The minimum atomic E-state index is 0.931. The molecule has 4 nitrogen and oxygen atoms in total. The summed E-state index contributed by atoms with van der Waals surface area (Å²) in [6.07, 6.45) is 10.3. The van der Waals surface area contributed by atoms with Crippen LogP contribution in [0.5, 0.6) is 0 Å². The quantitative estimate of drug-likeness (QED) is 0.850. The zero-order valence-corrected chi connectivity index (χ0v) is 9.98. The third-order valence-electron chi connectivity index (χ3n) is 3.15. The average molecular weight is 228 g/mol. The van der Waals surface area contributed by atoms with E-state index in [1.54, 1.807) is 0 Å². The molecular weight excluding hydrogens is 212 g/mol. The monoisotopic (exact) mass is 228 g/mol. The summed E-state index contributed by atoms with van der Waals surface area (Å²) in [6.45, 7) is 4.10. The van der Waals surface area contributed by atoms with Crippen molar-refractivity contribution in [2.75, 3.05) is 13.1 Å². The first-order chi connectivity index (χ1) is 8.36. The molecule has 0 radical (unpaired) electrons. The molecule has 0 saturated heterocycles. The summed E-state index contributed by atoms with van der Waals surface area (Å²) in [6, 6.07) is 0. The zero-order chi connectivity index (χ0) is 11.7. The Morgan fingerprint density at radius 3 is 3.12 bits per heavy atom. The lowest BCUT2D eigenvalue weighted by Gasteiger charge is -2.13. The predicted molar refractivity (Wildman–Crippen MR) is 67.8 cm³/mol. The van der Waals surface area contributed by atoms with Crippen LogP contribution in [0.2, 0.25) is 0 Å². The molecule has 1 aliphatic heterocycles. The number of aryl methyl sites for hydroxylation is 1. The first-order valence-electron chi connectivity index (χ1n) is 6.10. The fraction of sp³-hybridized carbons (Fsp3) is 0.385. The minimum absolute atomic E-state index is 0.931. The second-order valence-electron chi connectivity index (χ2n) is 4.31. The van der Waals surface area contributed by atoms with Crippen molar-refractivity contribution in [3.63, 3.8) is 0 Å². The van der Waals surface area contributed by atoms with E-state index < -0.39 is 0 Å². The van der Waals surface area contributed by atoms with Crippen LogP contribution in [0.3, 0.4) is 0 Å². The van der Waals surface area contributed by atoms with E-state index >= 15 is 0 Å². The first-order valence-corrected chi connectivity index (χ1v) is 6.10. The van der Waals surface area contributed by atoms with Crippen LogP contribution in [0.4, 0.5) is 0 Å². The Kier molecular flexibility index (Phi) is 2.65. The molecule has 1 N–H and O–H groups in total. The molecule has 0 fully saturated rings. The normalized spacial score (nSPS) is 16.2. The maximum absolute atomic E-state index is 4.50. The number of imidazole rings is 1. The molecule has 17 heavy (non-hydrogen) atoms. The lowest BCUT2D eigenvalue weighted by atomic mass is 10.1. The molecule has 0 atom stereocenters. The van der Waals surface area contributed by atoms with E-state index in [9.17, 15) is 0 Å². The van der Waals surface area contributed by atoms with Gasteiger partial charge in [-0.3, -0.25) is 4.98 Å². The summed E-state index contributed by atoms with van der Waals surface area (Å²) >= 11 is 0. The number of nitrogens with one attached hydrogen (secondary N) is 1. The number of rotatable bonds is 2. The highest BCUT2D eigenvalue weighted by Crippen LogP contribution is 2.18. The Morgan fingerprint density at radius 2 is 2.35 bits per heavy atom. The second-order valence-corrected chi connectivity index (χ2v) is 4.31. The molecule has 0 bridgehead atoms. The molecule has 0 spiro atoms. The lowest BCUT2D eigenvalue weighted by molar-refractivity contribution is 0.736. The van der Waals surface area contributed by atoms with Gasteiger partial charge in [0, 0.05) is 18.9 Å². The van der Waals surface area contributed by atoms with Gasteiger partial charge in [0.25, 0.3) is 0 Å². The van der Waals surface area contributed by atoms with Crippen LogP contribution in [0.15, 0.2) is 24.7 Å². The van der Waals surface area contributed by atoms with Gasteiger partial charge in [0.05, 0.1) is 17.6 Å². The van der Waals surface area contributed by atoms with Gasteiger partial charge in [0.15, 0.2) is 5.65 Å². The van der Waals surface area contributed by atoms with E-state index in [4.69, 9.17) is 0 Å². The highest BCUT2D eigenvalue weighted by molar-refractivity contribution is 5.63. The van der Waals surface area contributed by atoms with Crippen LogP contribution < -0.4 is 5.32 Å². The number of hydrogen-bond donors (Lipinski definition) is 1. The molecule has 2 aromatic heterocycles. The third-order valence-corrected chi connectivity index (χ3v) is 3.15. The number of nitrogens with zero attached hydrogens (tertiary/aromatic N) is 3. The van der Waals surface area contributed by atoms with E-state index in [-0.39, 0.29) is 0 Å². The Hall–Kier alpha value is -1.68. The summed E-state index contributed by atoms with van der Waals surface area (Å²) in [5.74, 6) is 0. The number of hydrogen-bond acceptors (Lipinski definition) is 3. The second kappa shape index (κ2) is 4.30. The number of fused-ring (bicyclic) bond motifs is 1. The molecule has 0 saturated carbocycles. The van der Waals surface area contributed by atoms with Crippen molar-refractivity contribution in [2.45, 2.75) is 19.8 Å². The third kappa shape index (κ3) is 1.96. The maximum Gasteiger partial charge on any atom is 0.155 e. The molecule has 3 rings (SSSR count). The molecule has 3 heterocycles. The van der Waals surface area contributed by atoms with Gasteiger partial charge in [0.1, 0.15) is 0 Å². The highest BCUT2D eigenvalue weighted by atomic mass is 15.0. The van der Waals surface area contributed by atoms with Crippen LogP contribution >= 0.6 is 0 Å². The van der Waals surface area contributed by atoms with Crippen molar-refractivity contribution < 1.29 is 0 Å². The summed E-state index contributed by atoms with van der Waals surface area (Å²) in [5, 5.41) is 3.31. The first kappa shape index (κ1) is 10.5.